The molecule has 0 radical (unpaired) electrons. The number of piperazine rings is 1. The molecule has 0 amide bonds. The molecule has 28 heavy (non-hydrogen) atoms. The van der Waals surface area contributed by atoms with Crippen LogP contribution in [0.4, 0.5) is 5.82 Å². The third kappa shape index (κ3) is 6.43. The van der Waals surface area contributed by atoms with E-state index in [9.17, 15) is 0 Å². The van der Waals surface area contributed by atoms with Gasteiger partial charge < -0.3 is 20.0 Å². The Labute approximate surface area is 169 Å². The lowest BCUT2D eigenvalue weighted by molar-refractivity contribution is -0.123. The zero-order valence-corrected chi connectivity index (χ0v) is 16.8. The molecular formula is C19H28N4O4S. The standard InChI is InChI=1S/C17H24N4S.2CH2O2/c1-2-6-16-15(5-1)17(18-22-16)21-13-11-20(12-14-21)10-9-19-7-3-4-8-19;2*2-1-3/h1-2,5-6H,3-4,7-14H2;2*1H,(H,2,3). The van der Waals surface area contributed by atoms with E-state index in [0.717, 1.165) is 13.1 Å². The van der Waals surface area contributed by atoms with E-state index >= 15 is 0 Å². The Morgan fingerprint density at radius 3 is 2.04 bits per heavy atom. The highest BCUT2D eigenvalue weighted by Crippen LogP contribution is 2.29. The Kier molecular flexibility index (Phi) is 9.67. The molecule has 1 aromatic carbocycles. The van der Waals surface area contributed by atoms with Gasteiger partial charge in [-0.3, -0.25) is 14.5 Å². The summed E-state index contributed by atoms with van der Waals surface area (Å²) in [5.41, 5.74) is 0. The van der Waals surface area contributed by atoms with Crippen molar-refractivity contribution in [2.45, 2.75) is 12.8 Å². The number of fused-ring (bicyclic) bond motifs is 1. The molecule has 0 unspecified atom stereocenters. The summed E-state index contributed by atoms with van der Waals surface area (Å²) >= 11 is 1.62. The van der Waals surface area contributed by atoms with E-state index in [1.54, 1.807) is 11.5 Å². The second-order valence-electron chi connectivity index (χ2n) is 6.59. The van der Waals surface area contributed by atoms with Crippen LogP contribution in [0, 0.1) is 0 Å². The van der Waals surface area contributed by atoms with E-state index in [0.29, 0.717) is 0 Å². The van der Waals surface area contributed by atoms with E-state index in [1.807, 2.05) is 0 Å². The van der Waals surface area contributed by atoms with Crippen molar-refractivity contribution in [2.24, 2.45) is 0 Å². The topological polar surface area (TPSA) is 97.2 Å². The molecule has 2 fully saturated rings. The highest BCUT2D eigenvalue weighted by Gasteiger charge is 2.21. The van der Waals surface area contributed by atoms with Crippen molar-refractivity contribution in [3.63, 3.8) is 0 Å². The van der Waals surface area contributed by atoms with Gasteiger partial charge in [0, 0.05) is 44.7 Å². The highest BCUT2D eigenvalue weighted by molar-refractivity contribution is 7.13. The van der Waals surface area contributed by atoms with E-state index in [2.05, 4.69) is 39.0 Å². The van der Waals surface area contributed by atoms with Gasteiger partial charge in [-0.05, 0) is 49.6 Å². The van der Waals surface area contributed by atoms with Crippen molar-refractivity contribution in [3.05, 3.63) is 24.3 Å². The first-order chi connectivity index (χ1) is 13.7. The van der Waals surface area contributed by atoms with Crippen molar-refractivity contribution in [1.82, 2.24) is 14.2 Å². The van der Waals surface area contributed by atoms with Crippen molar-refractivity contribution in [1.29, 1.82) is 0 Å². The fourth-order valence-electron chi connectivity index (χ4n) is 3.57. The number of benzene rings is 1. The number of anilines is 1. The SMILES string of the molecule is O=CO.O=CO.c1ccc2c(N3CCN(CCN4CCCC4)CC3)nsc2c1. The molecule has 2 aliphatic heterocycles. The summed E-state index contributed by atoms with van der Waals surface area (Å²) in [7, 11) is 0. The average molecular weight is 409 g/mol. The van der Waals surface area contributed by atoms with Crippen LogP contribution < -0.4 is 4.90 Å². The predicted molar refractivity (Wildman–Crippen MR) is 111 cm³/mol. The molecule has 0 atom stereocenters. The summed E-state index contributed by atoms with van der Waals surface area (Å²) in [5.74, 6) is 1.19. The fraction of sp³-hybridized carbons (Fsp3) is 0.526. The van der Waals surface area contributed by atoms with Gasteiger partial charge >= 0.3 is 0 Å². The van der Waals surface area contributed by atoms with Gasteiger partial charge in [0.25, 0.3) is 12.9 Å². The highest BCUT2D eigenvalue weighted by atomic mass is 32.1. The first-order valence-electron chi connectivity index (χ1n) is 9.43. The summed E-state index contributed by atoms with van der Waals surface area (Å²) in [6.07, 6.45) is 2.79. The Morgan fingerprint density at radius 1 is 0.893 bits per heavy atom. The molecule has 1 aromatic heterocycles. The van der Waals surface area contributed by atoms with Gasteiger partial charge in [0.05, 0.1) is 4.70 Å². The maximum atomic E-state index is 8.36. The minimum atomic E-state index is -0.250. The number of aromatic nitrogens is 1. The predicted octanol–water partition coefficient (Wildman–Crippen LogP) is 1.92. The molecule has 2 saturated heterocycles. The first kappa shape index (κ1) is 22.1. The smallest absolute Gasteiger partial charge is 0.290 e. The van der Waals surface area contributed by atoms with Crippen LogP contribution in [0.3, 0.4) is 0 Å². The third-order valence-corrected chi connectivity index (χ3v) is 5.78. The second kappa shape index (κ2) is 12.3. The molecule has 0 saturated carbocycles. The summed E-state index contributed by atoms with van der Waals surface area (Å²) in [4.78, 5) is 24.4. The lowest BCUT2D eigenvalue weighted by Crippen LogP contribution is -2.48. The van der Waals surface area contributed by atoms with Crippen molar-refractivity contribution >= 4 is 40.4 Å². The molecule has 2 aliphatic rings. The number of hydrogen-bond donors (Lipinski definition) is 2. The number of likely N-dealkylation sites (tertiary alicyclic amines) is 1. The summed E-state index contributed by atoms with van der Waals surface area (Å²) in [6, 6.07) is 8.59. The van der Waals surface area contributed by atoms with Crippen LogP contribution in [-0.4, -0.2) is 89.7 Å². The van der Waals surface area contributed by atoms with Crippen LogP contribution in [0.1, 0.15) is 12.8 Å². The van der Waals surface area contributed by atoms with Gasteiger partial charge in [-0.1, -0.05) is 12.1 Å². The average Bonchev–Trinajstić information content (AvgIpc) is 3.38. The Morgan fingerprint density at radius 2 is 1.43 bits per heavy atom. The Hall–Kier alpha value is -2.23. The van der Waals surface area contributed by atoms with Crippen LogP contribution in [0.2, 0.25) is 0 Å². The molecule has 4 rings (SSSR count). The quantitative estimate of drug-likeness (QED) is 0.741. The largest absolute Gasteiger partial charge is 0.483 e. The van der Waals surface area contributed by atoms with Crippen LogP contribution in [0.15, 0.2) is 24.3 Å². The minimum Gasteiger partial charge on any atom is -0.483 e. The van der Waals surface area contributed by atoms with Gasteiger partial charge in [-0.15, -0.1) is 0 Å². The zero-order chi connectivity index (χ0) is 20.2. The van der Waals surface area contributed by atoms with Gasteiger partial charge in [-0.25, -0.2) is 0 Å². The summed E-state index contributed by atoms with van der Waals surface area (Å²) in [5, 5.41) is 15.1. The number of carbonyl (C=O) groups is 2. The fourth-order valence-corrected chi connectivity index (χ4v) is 4.37. The molecule has 9 heteroatoms. The van der Waals surface area contributed by atoms with Crippen molar-refractivity contribution < 1.29 is 19.8 Å². The van der Waals surface area contributed by atoms with Gasteiger partial charge in [0.2, 0.25) is 0 Å². The molecule has 2 N–H and O–H groups in total. The molecule has 0 aliphatic carbocycles. The van der Waals surface area contributed by atoms with Crippen molar-refractivity contribution in [2.75, 3.05) is 57.3 Å². The van der Waals surface area contributed by atoms with E-state index in [4.69, 9.17) is 24.2 Å². The minimum absolute atomic E-state index is 0.250. The number of nitrogens with zero attached hydrogens (tertiary/aromatic N) is 4. The van der Waals surface area contributed by atoms with Crippen LogP contribution >= 0.6 is 11.5 Å². The second-order valence-corrected chi connectivity index (χ2v) is 7.40. The van der Waals surface area contributed by atoms with Crippen molar-refractivity contribution in [3.8, 4) is 0 Å². The van der Waals surface area contributed by atoms with Gasteiger partial charge in [-0.2, -0.15) is 4.37 Å². The first-order valence-corrected chi connectivity index (χ1v) is 10.2. The van der Waals surface area contributed by atoms with E-state index < -0.39 is 0 Å². The molecule has 8 nitrogen and oxygen atoms in total. The zero-order valence-electron chi connectivity index (χ0n) is 15.9. The monoisotopic (exact) mass is 408 g/mol. The maximum Gasteiger partial charge on any atom is 0.290 e. The van der Waals surface area contributed by atoms with Crippen LogP contribution in [0.25, 0.3) is 10.1 Å². The Balaban J connectivity index is 0.000000418. The number of rotatable bonds is 4. The Bertz CT molecular complexity index is 707. The molecule has 0 bridgehead atoms. The number of hydrogen-bond acceptors (Lipinski definition) is 7. The van der Waals surface area contributed by atoms with Gasteiger partial charge in [0.1, 0.15) is 5.82 Å². The molecule has 0 spiro atoms. The lowest BCUT2D eigenvalue weighted by Gasteiger charge is -2.35. The van der Waals surface area contributed by atoms with Crippen LogP contribution in [0.5, 0.6) is 0 Å². The summed E-state index contributed by atoms with van der Waals surface area (Å²) in [6.45, 7) is 9.14. The molecule has 3 heterocycles. The third-order valence-electron chi connectivity index (χ3n) is 4.96. The molecular weight excluding hydrogens is 380 g/mol. The van der Waals surface area contributed by atoms with E-state index in [1.165, 1.54) is 68.0 Å². The molecule has 2 aromatic rings. The maximum absolute atomic E-state index is 8.36. The number of carboxylic acid groups (broad SMARTS) is 2. The van der Waals surface area contributed by atoms with E-state index in [-0.39, 0.29) is 12.9 Å². The lowest BCUT2D eigenvalue weighted by atomic mass is 10.2. The molecule has 154 valence electrons. The van der Waals surface area contributed by atoms with Crippen LogP contribution in [-0.2, 0) is 9.59 Å². The summed E-state index contributed by atoms with van der Waals surface area (Å²) < 4.78 is 5.99. The van der Waals surface area contributed by atoms with Gasteiger partial charge in [0.15, 0.2) is 0 Å². The normalized spacial score (nSPS) is 17.4.